The fourth-order valence-electron chi connectivity index (χ4n) is 2.30. The maximum Gasteiger partial charge on any atom is 2.00 e. The Morgan fingerprint density at radius 3 is 1.62 bits per heavy atom. The van der Waals surface area contributed by atoms with Gasteiger partial charge in [-0.3, -0.25) is 0 Å². The first kappa shape index (κ1) is 27.2. The molecule has 1 aromatic heterocycles. The number of para-hydroxylation sites is 2. The molecule has 0 unspecified atom stereocenters. The number of aromatic nitrogens is 2. The first-order chi connectivity index (χ1) is 13.2. The fourth-order valence-corrected chi connectivity index (χ4v) is 2.30. The minimum absolute atomic E-state index is 0. The zero-order valence-corrected chi connectivity index (χ0v) is 17.4. The molecule has 29 heavy (non-hydrogen) atoms. The Bertz CT molecular complexity index is 707. The molecular formula is C20H22Cu2N4O3. The third kappa shape index (κ3) is 11.1. The molecule has 0 fully saturated rings. The van der Waals surface area contributed by atoms with Crippen molar-refractivity contribution in [3.8, 4) is 11.5 Å². The minimum atomic E-state index is -0.836. The number of hydrogen-bond donors (Lipinski definition) is 2. The third-order valence-electron chi connectivity index (χ3n) is 3.69. The molecule has 2 radical (unpaired) electrons. The summed E-state index contributed by atoms with van der Waals surface area (Å²) in [6.07, 6.45) is 2.44. The van der Waals surface area contributed by atoms with Gasteiger partial charge in [-0.2, -0.15) is 6.20 Å². The number of benzene rings is 2. The van der Waals surface area contributed by atoms with Crippen LogP contribution in [0.5, 0.6) is 11.5 Å². The van der Waals surface area contributed by atoms with Crippen LogP contribution in [0.3, 0.4) is 0 Å². The van der Waals surface area contributed by atoms with Crippen molar-refractivity contribution in [3.63, 3.8) is 0 Å². The average molecular weight is 494 g/mol. The van der Waals surface area contributed by atoms with Gasteiger partial charge in [-0.1, -0.05) is 54.6 Å². The minimum Gasteiger partial charge on any atom is -0.872 e. The van der Waals surface area contributed by atoms with Crippen molar-refractivity contribution in [2.24, 2.45) is 0 Å². The maximum absolute atomic E-state index is 11.8. The van der Waals surface area contributed by atoms with E-state index in [4.69, 9.17) is 0 Å². The van der Waals surface area contributed by atoms with Crippen LogP contribution in [0.1, 0.15) is 11.1 Å². The standard InChI is InChI=1S/C17H21N2O3.C3H3N2.2Cu/c20-15(11-18-9-13-5-1-3-7-16(13)21)12-19-10-14-6-2-4-8-17(14)22;1-2-4-5-3-1;;/h1-8,15,18-19,21-22H,9-12H2;1-3H;;/q2*-1;2*+2/p-2. The normalized spacial score (nSPS) is 9.72. The van der Waals surface area contributed by atoms with Crippen LogP contribution in [0.25, 0.3) is 0 Å². The van der Waals surface area contributed by atoms with Crippen molar-refractivity contribution in [1.29, 1.82) is 0 Å². The topological polar surface area (TPSA) is 120 Å². The van der Waals surface area contributed by atoms with Crippen LogP contribution in [0.15, 0.2) is 67.0 Å². The molecule has 2 N–H and O–H groups in total. The van der Waals surface area contributed by atoms with Gasteiger partial charge < -0.3 is 36.2 Å². The van der Waals surface area contributed by atoms with Gasteiger partial charge in [0.1, 0.15) is 0 Å². The van der Waals surface area contributed by atoms with Crippen LogP contribution in [0.2, 0.25) is 0 Å². The summed E-state index contributed by atoms with van der Waals surface area (Å²) in [6.45, 7) is 1.31. The molecule has 3 aromatic rings. The molecule has 0 atom stereocenters. The zero-order chi connectivity index (χ0) is 19.3. The summed E-state index contributed by atoms with van der Waals surface area (Å²) in [4.78, 5) is 0. The van der Waals surface area contributed by atoms with Crippen LogP contribution >= 0.6 is 0 Å². The number of rotatable bonds is 8. The second-order valence-electron chi connectivity index (χ2n) is 5.82. The fraction of sp³-hybridized carbons (Fsp3) is 0.250. The predicted octanol–water partition coefficient (Wildman–Crippen LogP) is -0.524. The smallest absolute Gasteiger partial charge is 0.872 e. The van der Waals surface area contributed by atoms with Crippen molar-refractivity contribution < 1.29 is 49.5 Å². The molecule has 162 valence electrons. The van der Waals surface area contributed by atoms with E-state index in [-0.39, 0.29) is 58.7 Å². The first-order valence-electron chi connectivity index (χ1n) is 8.62. The summed E-state index contributed by atoms with van der Waals surface area (Å²) in [6, 6.07) is 15.3. The maximum atomic E-state index is 11.8. The van der Waals surface area contributed by atoms with E-state index in [2.05, 4.69) is 20.8 Å². The zero-order valence-electron chi connectivity index (χ0n) is 15.5. The molecule has 0 amide bonds. The van der Waals surface area contributed by atoms with Gasteiger partial charge in [0, 0.05) is 19.3 Å². The predicted molar refractivity (Wildman–Crippen MR) is 96.5 cm³/mol. The molecule has 0 bridgehead atoms. The molecule has 0 spiro atoms. The monoisotopic (exact) mass is 492 g/mol. The van der Waals surface area contributed by atoms with Gasteiger partial charge in [-0.15, -0.1) is 17.6 Å². The molecule has 0 aliphatic carbocycles. The van der Waals surface area contributed by atoms with Crippen molar-refractivity contribution in [3.05, 3.63) is 78.1 Å². The van der Waals surface area contributed by atoms with Crippen LogP contribution in [-0.4, -0.2) is 24.3 Å². The second kappa shape index (κ2) is 16.0. The van der Waals surface area contributed by atoms with E-state index in [0.717, 1.165) is 0 Å². The van der Waals surface area contributed by atoms with E-state index in [9.17, 15) is 15.3 Å². The summed E-state index contributed by atoms with van der Waals surface area (Å²) in [5.74, 6) is -0.0507. The second-order valence-corrected chi connectivity index (χ2v) is 5.82. The van der Waals surface area contributed by atoms with Gasteiger partial charge in [-0.25, -0.2) is 0 Å². The Kier molecular flexibility index (Phi) is 15.0. The summed E-state index contributed by atoms with van der Waals surface area (Å²) in [5, 5.41) is 47.7. The van der Waals surface area contributed by atoms with E-state index < -0.39 is 6.10 Å². The Labute approximate surface area is 191 Å². The van der Waals surface area contributed by atoms with E-state index >= 15 is 0 Å². The number of nitrogens with one attached hydrogen (secondary N) is 2. The number of nitrogens with zero attached hydrogens (tertiary/aromatic N) is 2. The number of hydrogen-bond acceptors (Lipinski definition) is 6. The van der Waals surface area contributed by atoms with Gasteiger partial charge in [0.15, 0.2) is 0 Å². The largest absolute Gasteiger partial charge is 2.00 e. The molecule has 0 saturated heterocycles. The van der Waals surface area contributed by atoms with E-state index in [0.29, 0.717) is 24.2 Å². The molecule has 7 nitrogen and oxygen atoms in total. The molecule has 1 heterocycles. The molecule has 9 heteroatoms. The van der Waals surface area contributed by atoms with Crippen molar-refractivity contribution >= 4 is 0 Å². The van der Waals surface area contributed by atoms with Crippen molar-refractivity contribution in [2.45, 2.75) is 19.2 Å². The van der Waals surface area contributed by atoms with Crippen LogP contribution in [0.4, 0.5) is 0 Å². The average Bonchev–Trinajstić information content (AvgIpc) is 3.25. The van der Waals surface area contributed by atoms with Crippen LogP contribution < -0.4 is 31.1 Å². The van der Waals surface area contributed by atoms with Gasteiger partial charge in [0.2, 0.25) is 0 Å². The first-order valence-corrected chi connectivity index (χ1v) is 8.62. The molecular weight excluding hydrogens is 471 g/mol. The molecule has 0 aliphatic heterocycles. The Morgan fingerprint density at radius 2 is 1.28 bits per heavy atom. The third-order valence-corrected chi connectivity index (χ3v) is 3.69. The molecule has 3 rings (SSSR count). The van der Waals surface area contributed by atoms with E-state index in [1.165, 1.54) is 12.1 Å². The summed E-state index contributed by atoms with van der Waals surface area (Å²) < 4.78 is 0. The Hall–Kier alpha value is -1.83. The molecule has 0 saturated carbocycles. The molecule has 2 aromatic carbocycles. The van der Waals surface area contributed by atoms with Gasteiger partial charge in [0.05, 0.1) is 0 Å². The quantitative estimate of drug-likeness (QED) is 0.405. The summed E-state index contributed by atoms with van der Waals surface area (Å²) >= 11 is 0. The van der Waals surface area contributed by atoms with Gasteiger partial charge in [-0.05, 0) is 24.2 Å². The summed E-state index contributed by atoms with van der Waals surface area (Å²) in [7, 11) is 0. The van der Waals surface area contributed by atoms with Crippen LogP contribution in [0, 0.1) is 0 Å². The van der Waals surface area contributed by atoms with Crippen LogP contribution in [-0.2, 0) is 47.2 Å². The van der Waals surface area contributed by atoms with Gasteiger partial charge >= 0.3 is 34.1 Å². The van der Waals surface area contributed by atoms with Crippen molar-refractivity contribution in [2.75, 3.05) is 13.1 Å². The van der Waals surface area contributed by atoms with E-state index in [1.807, 2.05) is 0 Å². The Morgan fingerprint density at radius 1 is 0.793 bits per heavy atom. The molecule has 0 aliphatic rings. The SMILES string of the molecule is [Cu+2].[Cu+2].[O-]c1ccccc1CNCC([O-])CNCc1ccccc1[O-].c1cn[n-]c1. The van der Waals surface area contributed by atoms with E-state index in [1.54, 1.807) is 54.9 Å². The summed E-state index contributed by atoms with van der Waals surface area (Å²) in [5.41, 5.74) is 1.31. The van der Waals surface area contributed by atoms with Gasteiger partial charge in [0.25, 0.3) is 0 Å². The van der Waals surface area contributed by atoms with Crippen molar-refractivity contribution in [1.82, 2.24) is 20.8 Å². The Balaban J connectivity index is 0.000000978.